The number of fused-ring (bicyclic) bond motifs is 1. The Hall–Kier alpha value is -1.39. The Morgan fingerprint density at radius 2 is 2.29 bits per heavy atom. The molecule has 1 aromatic carbocycles. The third-order valence-electron chi connectivity index (χ3n) is 2.34. The van der Waals surface area contributed by atoms with Crippen molar-refractivity contribution in [1.82, 2.24) is 4.98 Å². The van der Waals surface area contributed by atoms with Gasteiger partial charge >= 0.3 is 5.97 Å². The third-order valence-corrected chi connectivity index (χ3v) is 3.01. The molecule has 2 aromatic rings. The highest BCUT2D eigenvalue weighted by atomic mass is 35.5. The fraction of sp³-hybridized carbons (Fsp3) is 0.167. The Balaban J connectivity index is 2.65. The van der Waals surface area contributed by atoms with Crippen LogP contribution in [0.3, 0.4) is 0 Å². The van der Waals surface area contributed by atoms with E-state index in [9.17, 15) is 4.79 Å². The van der Waals surface area contributed by atoms with E-state index >= 15 is 0 Å². The number of carbonyl (C=O) groups is 1. The predicted molar refractivity (Wildman–Crippen MR) is 70.1 cm³/mol. The van der Waals surface area contributed by atoms with Crippen molar-refractivity contribution < 1.29 is 9.53 Å². The fourth-order valence-electron chi connectivity index (χ4n) is 1.55. The van der Waals surface area contributed by atoms with Crippen LogP contribution in [-0.2, 0) is 4.74 Å². The Labute approximate surface area is 108 Å². The van der Waals surface area contributed by atoms with Crippen molar-refractivity contribution in [2.24, 2.45) is 0 Å². The number of pyridine rings is 1. The number of carbonyl (C=O) groups excluding carboxylic acids is 1. The summed E-state index contributed by atoms with van der Waals surface area (Å²) in [7, 11) is 0. The van der Waals surface area contributed by atoms with Crippen LogP contribution in [0.25, 0.3) is 10.9 Å². The average Bonchev–Trinajstić information content (AvgIpc) is 2.30. The Morgan fingerprint density at radius 3 is 3.00 bits per heavy atom. The predicted octanol–water partition coefficient (Wildman–Crippen LogP) is 3.73. The van der Waals surface area contributed by atoms with E-state index in [1.165, 1.54) is 0 Å². The zero-order valence-corrected chi connectivity index (χ0v) is 10.7. The number of nitrogens with one attached hydrogen (secondary N) is 1. The Morgan fingerprint density at radius 1 is 1.53 bits per heavy atom. The lowest BCUT2D eigenvalue weighted by Gasteiger charge is -2.05. The van der Waals surface area contributed by atoms with Gasteiger partial charge in [0, 0.05) is 22.1 Å². The second-order valence-electron chi connectivity index (χ2n) is 3.44. The summed E-state index contributed by atoms with van der Waals surface area (Å²) in [6.45, 7) is 2.07. The van der Waals surface area contributed by atoms with Gasteiger partial charge in [0.1, 0.15) is 0 Å². The van der Waals surface area contributed by atoms with Crippen molar-refractivity contribution in [2.45, 2.75) is 6.92 Å². The molecule has 3 nitrogen and oxygen atoms in total. The van der Waals surface area contributed by atoms with E-state index < -0.39 is 5.97 Å². The third kappa shape index (κ3) is 2.33. The van der Waals surface area contributed by atoms with E-state index in [2.05, 4.69) is 4.98 Å². The number of esters is 1. The summed E-state index contributed by atoms with van der Waals surface area (Å²) in [5.41, 5.74) is 1.20. The van der Waals surface area contributed by atoms with Gasteiger partial charge in [0.05, 0.1) is 16.7 Å². The van der Waals surface area contributed by atoms with E-state index in [0.29, 0.717) is 21.7 Å². The summed E-state index contributed by atoms with van der Waals surface area (Å²) < 4.78 is 5.39. The first-order chi connectivity index (χ1) is 8.13. The molecule has 0 aliphatic rings. The summed E-state index contributed by atoms with van der Waals surface area (Å²) in [4.78, 5) is 14.7. The topological polar surface area (TPSA) is 42.1 Å². The van der Waals surface area contributed by atoms with Crippen molar-refractivity contribution in [3.63, 3.8) is 0 Å². The van der Waals surface area contributed by atoms with E-state index in [-0.39, 0.29) is 0 Å². The molecule has 0 spiro atoms. The number of aromatic amines is 1. The van der Waals surface area contributed by atoms with Crippen molar-refractivity contribution in [2.75, 3.05) is 6.61 Å². The maximum absolute atomic E-state index is 11.7. The molecule has 0 amide bonds. The summed E-state index contributed by atoms with van der Waals surface area (Å²) in [5.74, 6) is -0.421. The van der Waals surface area contributed by atoms with Crippen molar-refractivity contribution in [1.29, 1.82) is 0 Å². The van der Waals surface area contributed by atoms with Gasteiger partial charge in [0.25, 0.3) is 0 Å². The van der Waals surface area contributed by atoms with Gasteiger partial charge in [-0.15, -0.1) is 0 Å². The SMILES string of the molecule is CCOC(=O)c1c[nH]c2ccc(Cl)cc2c1=S. The lowest BCUT2D eigenvalue weighted by atomic mass is 10.1. The number of H-pyrrole nitrogens is 1. The molecule has 5 heteroatoms. The van der Waals surface area contributed by atoms with Gasteiger partial charge in [-0.1, -0.05) is 23.8 Å². The summed E-state index contributed by atoms with van der Waals surface area (Å²) in [6, 6.07) is 5.32. The molecule has 0 atom stereocenters. The van der Waals surface area contributed by atoms with Crippen molar-refractivity contribution >= 4 is 40.7 Å². The van der Waals surface area contributed by atoms with Gasteiger partial charge in [-0.05, 0) is 25.1 Å². The van der Waals surface area contributed by atoms with E-state index in [1.807, 2.05) is 6.07 Å². The van der Waals surface area contributed by atoms with E-state index in [0.717, 1.165) is 10.9 Å². The maximum Gasteiger partial charge on any atom is 0.341 e. The molecule has 2 rings (SSSR count). The van der Waals surface area contributed by atoms with Crippen molar-refractivity contribution in [3.8, 4) is 0 Å². The molecule has 0 radical (unpaired) electrons. The number of aromatic nitrogens is 1. The highest BCUT2D eigenvalue weighted by Crippen LogP contribution is 2.21. The van der Waals surface area contributed by atoms with Gasteiger partial charge in [0.15, 0.2) is 0 Å². The minimum atomic E-state index is -0.421. The number of rotatable bonds is 2. The zero-order valence-electron chi connectivity index (χ0n) is 9.12. The Kier molecular flexibility index (Phi) is 3.45. The van der Waals surface area contributed by atoms with Crippen LogP contribution in [0.5, 0.6) is 0 Å². The second kappa shape index (κ2) is 4.85. The monoisotopic (exact) mass is 267 g/mol. The molecule has 1 N–H and O–H groups in total. The smallest absolute Gasteiger partial charge is 0.341 e. The van der Waals surface area contributed by atoms with Crippen LogP contribution in [0.4, 0.5) is 0 Å². The summed E-state index contributed by atoms with van der Waals surface area (Å²) >= 11 is 11.2. The van der Waals surface area contributed by atoms with Crippen LogP contribution in [0.2, 0.25) is 5.02 Å². The minimum absolute atomic E-state index is 0.321. The molecule has 88 valence electrons. The van der Waals surface area contributed by atoms with E-state index in [4.69, 9.17) is 28.6 Å². The Bertz CT molecular complexity index is 636. The summed E-state index contributed by atoms with van der Waals surface area (Å²) in [5, 5.41) is 1.33. The summed E-state index contributed by atoms with van der Waals surface area (Å²) in [6.07, 6.45) is 1.57. The van der Waals surface area contributed by atoms with Gasteiger partial charge in [0.2, 0.25) is 0 Å². The highest BCUT2D eigenvalue weighted by molar-refractivity contribution is 7.71. The zero-order chi connectivity index (χ0) is 12.4. The molecule has 0 bridgehead atoms. The van der Waals surface area contributed by atoms with Crippen LogP contribution < -0.4 is 0 Å². The molecule has 0 fully saturated rings. The largest absolute Gasteiger partial charge is 0.462 e. The highest BCUT2D eigenvalue weighted by Gasteiger charge is 2.11. The minimum Gasteiger partial charge on any atom is -0.462 e. The molecule has 0 saturated carbocycles. The van der Waals surface area contributed by atoms with Gasteiger partial charge in [-0.2, -0.15) is 0 Å². The first kappa shape index (κ1) is 12.1. The number of halogens is 1. The molecule has 0 unspecified atom stereocenters. The molecule has 1 aromatic heterocycles. The quantitative estimate of drug-likeness (QED) is 0.666. The number of benzene rings is 1. The van der Waals surface area contributed by atoms with Crippen LogP contribution in [0, 0.1) is 4.51 Å². The molecule has 0 aliphatic heterocycles. The van der Waals surface area contributed by atoms with Gasteiger partial charge in [-0.25, -0.2) is 4.79 Å². The average molecular weight is 268 g/mol. The maximum atomic E-state index is 11.7. The lowest BCUT2D eigenvalue weighted by Crippen LogP contribution is -2.06. The number of hydrogen-bond donors (Lipinski definition) is 1. The molecule has 0 saturated heterocycles. The normalized spacial score (nSPS) is 10.5. The van der Waals surface area contributed by atoms with Crippen LogP contribution in [0.15, 0.2) is 24.4 Å². The number of hydrogen-bond acceptors (Lipinski definition) is 3. The van der Waals surface area contributed by atoms with Crippen molar-refractivity contribution in [3.05, 3.63) is 39.5 Å². The number of ether oxygens (including phenoxy) is 1. The first-order valence-electron chi connectivity index (χ1n) is 5.11. The fourth-order valence-corrected chi connectivity index (χ4v) is 2.03. The molecule has 0 aliphatic carbocycles. The first-order valence-corrected chi connectivity index (χ1v) is 5.90. The lowest BCUT2D eigenvalue weighted by molar-refractivity contribution is 0.0525. The van der Waals surface area contributed by atoms with Gasteiger partial charge in [-0.3, -0.25) is 0 Å². The molecular formula is C12H10ClNO2S. The van der Waals surface area contributed by atoms with Gasteiger partial charge < -0.3 is 9.72 Å². The van der Waals surface area contributed by atoms with Crippen LogP contribution >= 0.6 is 23.8 Å². The van der Waals surface area contributed by atoms with E-state index in [1.54, 1.807) is 25.3 Å². The van der Waals surface area contributed by atoms with Crippen LogP contribution in [-0.4, -0.2) is 17.6 Å². The second-order valence-corrected chi connectivity index (χ2v) is 4.29. The van der Waals surface area contributed by atoms with Crippen LogP contribution in [0.1, 0.15) is 17.3 Å². The molecular weight excluding hydrogens is 258 g/mol. The molecule has 17 heavy (non-hydrogen) atoms. The molecule has 1 heterocycles. The standard InChI is InChI=1S/C12H10ClNO2S/c1-2-16-12(15)9-6-14-10-4-3-7(13)5-8(10)11(9)17/h3-6H,2H2,1H3,(H,14,17).